The van der Waals surface area contributed by atoms with Crippen LogP contribution in [0.3, 0.4) is 0 Å². The lowest BCUT2D eigenvalue weighted by Gasteiger charge is -2.13. The molecule has 0 radical (unpaired) electrons. The van der Waals surface area contributed by atoms with Crippen molar-refractivity contribution in [2.24, 2.45) is 0 Å². The van der Waals surface area contributed by atoms with Crippen molar-refractivity contribution in [3.8, 4) is 0 Å². The first-order valence-electron chi connectivity index (χ1n) is 9.58. The number of rotatable bonds is 8. The van der Waals surface area contributed by atoms with Gasteiger partial charge in [0.25, 0.3) is 17.7 Å². The number of ether oxygens (including phenoxy) is 2. The number of imide groups is 1. The first-order valence-corrected chi connectivity index (χ1v) is 9.58. The largest absolute Gasteiger partial charge is 0.462 e. The molecule has 2 aromatic rings. The number of carbonyl (C=O) groups excluding carboxylic acids is 5. The van der Waals surface area contributed by atoms with E-state index in [-0.39, 0.29) is 19.6 Å². The molecule has 31 heavy (non-hydrogen) atoms. The van der Waals surface area contributed by atoms with E-state index < -0.39 is 36.3 Å². The number of carbonyl (C=O) groups is 5. The van der Waals surface area contributed by atoms with Crippen LogP contribution in [0, 0.1) is 0 Å². The van der Waals surface area contributed by atoms with Crippen molar-refractivity contribution < 1.29 is 33.4 Å². The van der Waals surface area contributed by atoms with E-state index in [1.807, 2.05) is 0 Å². The smallest absolute Gasteiger partial charge is 0.338 e. The van der Waals surface area contributed by atoms with Crippen LogP contribution in [-0.4, -0.2) is 54.3 Å². The number of hydrogen-bond acceptors (Lipinski definition) is 7. The number of nitrogens with zero attached hydrogens (tertiary/aromatic N) is 1. The van der Waals surface area contributed by atoms with Crippen LogP contribution < -0.4 is 5.32 Å². The Bertz CT molecular complexity index is 995. The van der Waals surface area contributed by atoms with E-state index in [9.17, 15) is 24.0 Å². The second-order valence-corrected chi connectivity index (χ2v) is 6.56. The normalized spacial score (nSPS) is 12.4. The van der Waals surface area contributed by atoms with Crippen molar-refractivity contribution in [1.82, 2.24) is 4.90 Å². The van der Waals surface area contributed by atoms with Crippen LogP contribution in [0.2, 0.25) is 0 Å². The minimum Gasteiger partial charge on any atom is -0.462 e. The molecule has 3 amide bonds. The molecule has 3 rings (SSSR count). The van der Waals surface area contributed by atoms with Gasteiger partial charge in [-0.3, -0.25) is 24.1 Å². The topological polar surface area (TPSA) is 119 Å². The molecule has 0 unspecified atom stereocenters. The van der Waals surface area contributed by atoms with E-state index in [0.29, 0.717) is 22.4 Å². The third-order valence-corrected chi connectivity index (χ3v) is 4.46. The van der Waals surface area contributed by atoms with E-state index in [0.717, 1.165) is 4.90 Å². The Balaban J connectivity index is 1.43. The van der Waals surface area contributed by atoms with Gasteiger partial charge in [-0.2, -0.15) is 0 Å². The minimum atomic E-state index is -0.718. The summed E-state index contributed by atoms with van der Waals surface area (Å²) in [4.78, 5) is 61.0. The summed E-state index contributed by atoms with van der Waals surface area (Å²) in [5.41, 5.74) is 1.36. The third-order valence-electron chi connectivity index (χ3n) is 4.46. The van der Waals surface area contributed by atoms with Crippen LogP contribution in [0.5, 0.6) is 0 Å². The first kappa shape index (κ1) is 21.7. The fourth-order valence-electron chi connectivity index (χ4n) is 2.96. The van der Waals surface area contributed by atoms with E-state index >= 15 is 0 Å². The molecule has 2 aromatic carbocycles. The Morgan fingerprint density at radius 3 is 2.10 bits per heavy atom. The molecular weight excluding hydrogens is 404 g/mol. The van der Waals surface area contributed by atoms with Crippen LogP contribution in [0.4, 0.5) is 5.69 Å². The lowest BCUT2D eigenvalue weighted by molar-refractivity contribution is -0.147. The van der Waals surface area contributed by atoms with E-state index in [1.54, 1.807) is 31.2 Å². The van der Waals surface area contributed by atoms with Gasteiger partial charge in [0.15, 0.2) is 6.61 Å². The zero-order valence-corrected chi connectivity index (χ0v) is 16.8. The van der Waals surface area contributed by atoms with Crippen LogP contribution in [0.15, 0.2) is 48.5 Å². The van der Waals surface area contributed by atoms with Gasteiger partial charge in [-0.05, 0) is 43.3 Å². The Kier molecular flexibility index (Phi) is 6.76. The first-order chi connectivity index (χ1) is 14.9. The fraction of sp³-hybridized carbons (Fsp3) is 0.227. The summed E-state index contributed by atoms with van der Waals surface area (Å²) in [6.07, 6.45) is -0.229. The van der Waals surface area contributed by atoms with Gasteiger partial charge in [0, 0.05) is 12.2 Å². The SMILES string of the molecule is CCOC(=O)c1ccc(NC(=O)COC(=O)CCN2C(=O)c3ccccc3C2=O)cc1. The molecule has 1 aliphatic heterocycles. The second kappa shape index (κ2) is 9.66. The molecular formula is C22H20N2O7. The average molecular weight is 424 g/mol. The summed E-state index contributed by atoms with van der Waals surface area (Å²) in [5, 5.41) is 2.53. The van der Waals surface area contributed by atoms with Crippen LogP contribution >= 0.6 is 0 Å². The maximum atomic E-state index is 12.3. The van der Waals surface area contributed by atoms with Crippen molar-refractivity contribution in [3.63, 3.8) is 0 Å². The lowest BCUT2D eigenvalue weighted by atomic mass is 10.1. The quantitative estimate of drug-likeness (QED) is 0.509. The van der Waals surface area contributed by atoms with Crippen molar-refractivity contribution in [1.29, 1.82) is 0 Å². The molecule has 0 saturated heterocycles. The maximum absolute atomic E-state index is 12.3. The van der Waals surface area contributed by atoms with Crippen molar-refractivity contribution in [2.45, 2.75) is 13.3 Å². The Morgan fingerprint density at radius 2 is 1.52 bits per heavy atom. The number of anilines is 1. The standard InChI is InChI=1S/C22H20N2O7/c1-2-30-22(29)14-7-9-15(10-8-14)23-18(25)13-31-19(26)11-12-24-20(27)16-5-3-4-6-17(16)21(24)28/h3-10H,2,11-13H2,1H3,(H,23,25). The molecule has 0 bridgehead atoms. The Labute approximate surface area is 177 Å². The number of benzene rings is 2. The van der Waals surface area contributed by atoms with Gasteiger partial charge in [0.05, 0.1) is 29.7 Å². The third kappa shape index (κ3) is 5.13. The van der Waals surface area contributed by atoms with Crippen molar-refractivity contribution in [3.05, 3.63) is 65.2 Å². The lowest BCUT2D eigenvalue weighted by Crippen LogP contribution is -2.32. The molecule has 0 fully saturated rings. The molecule has 0 aliphatic carbocycles. The highest BCUT2D eigenvalue weighted by Gasteiger charge is 2.35. The minimum absolute atomic E-state index is 0.137. The van der Waals surface area contributed by atoms with Crippen LogP contribution in [0.1, 0.15) is 44.4 Å². The summed E-state index contributed by atoms with van der Waals surface area (Å²) >= 11 is 0. The van der Waals surface area contributed by atoms with Crippen LogP contribution in [0.25, 0.3) is 0 Å². The molecule has 9 nitrogen and oxygen atoms in total. The summed E-state index contributed by atoms with van der Waals surface area (Å²) in [6.45, 7) is 1.30. The van der Waals surface area contributed by atoms with E-state index in [1.165, 1.54) is 24.3 Å². The molecule has 0 spiro atoms. The molecule has 9 heteroatoms. The number of esters is 2. The maximum Gasteiger partial charge on any atom is 0.338 e. The van der Waals surface area contributed by atoms with Gasteiger partial charge in [-0.1, -0.05) is 12.1 Å². The fourth-order valence-corrected chi connectivity index (χ4v) is 2.96. The van der Waals surface area contributed by atoms with Gasteiger partial charge >= 0.3 is 11.9 Å². The molecule has 1 aliphatic rings. The summed E-state index contributed by atoms with van der Waals surface area (Å²) in [7, 11) is 0. The summed E-state index contributed by atoms with van der Waals surface area (Å²) in [5.74, 6) is -2.68. The monoisotopic (exact) mass is 424 g/mol. The molecule has 0 aromatic heterocycles. The summed E-state index contributed by atoms with van der Waals surface area (Å²) in [6, 6.07) is 12.5. The van der Waals surface area contributed by atoms with E-state index in [4.69, 9.17) is 9.47 Å². The van der Waals surface area contributed by atoms with Gasteiger partial charge in [-0.25, -0.2) is 4.79 Å². The zero-order chi connectivity index (χ0) is 22.4. The number of hydrogen-bond donors (Lipinski definition) is 1. The predicted octanol–water partition coefficient (Wildman–Crippen LogP) is 2.03. The number of amides is 3. The summed E-state index contributed by atoms with van der Waals surface area (Å²) < 4.78 is 9.78. The highest BCUT2D eigenvalue weighted by Crippen LogP contribution is 2.22. The highest BCUT2D eigenvalue weighted by molar-refractivity contribution is 6.21. The van der Waals surface area contributed by atoms with Gasteiger partial charge in [0.2, 0.25) is 0 Å². The average Bonchev–Trinajstić information content (AvgIpc) is 3.01. The Hall–Kier alpha value is -4.01. The number of fused-ring (bicyclic) bond motifs is 1. The van der Waals surface area contributed by atoms with Crippen molar-refractivity contribution >= 4 is 35.3 Å². The predicted molar refractivity (Wildman–Crippen MR) is 108 cm³/mol. The zero-order valence-electron chi connectivity index (χ0n) is 16.8. The van der Waals surface area contributed by atoms with E-state index in [2.05, 4.69) is 5.32 Å². The highest BCUT2D eigenvalue weighted by atomic mass is 16.5. The van der Waals surface area contributed by atoms with Crippen molar-refractivity contribution in [2.75, 3.05) is 25.1 Å². The van der Waals surface area contributed by atoms with Gasteiger partial charge < -0.3 is 14.8 Å². The van der Waals surface area contributed by atoms with Gasteiger partial charge in [0.1, 0.15) is 0 Å². The Morgan fingerprint density at radius 1 is 0.903 bits per heavy atom. The van der Waals surface area contributed by atoms with Crippen LogP contribution in [-0.2, 0) is 19.1 Å². The second-order valence-electron chi connectivity index (χ2n) is 6.56. The molecule has 0 atom stereocenters. The molecule has 1 heterocycles. The molecule has 1 N–H and O–H groups in total. The van der Waals surface area contributed by atoms with Gasteiger partial charge in [-0.15, -0.1) is 0 Å². The molecule has 0 saturated carbocycles. The number of nitrogens with one attached hydrogen (secondary N) is 1. The molecule has 160 valence electrons.